The van der Waals surface area contributed by atoms with Crippen LogP contribution in [0.2, 0.25) is 0 Å². The molecule has 29 heavy (non-hydrogen) atoms. The molecule has 2 N–H and O–H groups in total. The number of nitrogens with zero attached hydrogens (tertiary/aromatic N) is 5. The summed E-state index contributed by atoms with van der Waals surface area (Å²) in [5, 5.41) is 10.7. The fraction of sp³-hybridized carbons (Fsp3) is 0.524. The van der Waals surface area contributed by atoms with E-state index < -0.39 is 5.67 Å². The standard InChI is InChI=1S/C21H30FN7/c1-5-16(6-2)29-12-15(11-27-29)17-10-18(23-3)19(24-4)20(28-17)26-14-21(22)8-7-9-25-13-21/h10-12,16,25H,3-9,13-14H2,1-2H3,(H,26,28). The Bertz CT molecular complexity index is 851. The largest absolute Gasteiger partial charge is 0.365 e. The number of aliphatic imine (C=N–C) groups is 2. The maximum absolute atomic E-state index is 15.0. The van der Waals surface area contributed by atoms with E-state index in [1.54, 1.807) is 6.20 Å². The van der Waals surface area contributed by atoms with Gasteiger partial charge in [0.15, 0.2) is 5.82 Å². The van der Waals surface area contributed by atoms with Gasteiger partial charge in [0.05, 0.1) is 30.2 Å². The van der Waals surface area contributed by atoms with Crippen LogP contribution in [0.15, 0.2) is 28.4 Å². The number of rotatable bonds is 9. The first-order valence-corrected chi connectivity index (χ1v) is 10.2. The van der Waals surface area contributed by atoms with Crippen LogP contribution >= 0.6 is 0 Å². The Hall–Kier alpha value is -2.61. The van der Waals surface area contributed by atoms with Crippen molar-refractivity contribution in [2.75, 3.05) is 25.0 Å². The summed E-state index contributed by atoms with van der Waals surface area (Å²) < 4.78 is 17.0. The molecule has 156 valence electrons. The molecular formula is C21H30FN7. The van der Waals surface area contributed by atoms with Crippen LogP contribution in [0.1, 0.15) is 45.6 Å². The predicted octanol–water partition coefficient (Wildman–Crippen LogP) is 4.47. The van der Waals surface area contributed by atoms with Crippen molar-refractivity contribution in [3.63, 3.8) is 0 Å². The summed E-state index contributed by atoms with van der Waals surface area (Å²) in [6.07, 6.45) is 7.11. The summed E-state index contributed by atoms with van der Waals surface area (Å²) in [5.41, 5.74) is 1.26. The first kappa shape index (κ1) is 21.1. The first-order valence-electron chi connectivity index (χ1n) is 10.2. The van der Waals surface area contributed by atoms with E-state index >= 15 is 4.39 Å². The van der Waals surface area contributed by atoms with Gasteiger partial charge in [0.1, 0.15) is 11.4 Å². The Morgan fingerprint density at radius 2 is 2.14 bits per heavy atom. The van der Waals surface area contributed by atoms with E-state index in [2.05, 4.69) is 58.0 Å². The van der Waals surface area contributed by atoms with Crippen LogP contribution < -0.4 is 10.6 Å². The second-order valence-corrected chi connectivity index (χ2v) is 7.50. The third-order valence-electron chi connectivity index (χ3n) is 5.51. The number of halogens is 1. The molecule has 1 atom stereocenters. The van der Waals surface area contributed by atoms with Gasteiger partial charge in [-0.15, -0.1) is 0 Å². The van der Waals surface area contributed by atoms with Gasteiger partial charge in [-0.3, -0.25) is 14.7 Å². The molecule has 0 spiro atoms. The molecule has 0 amide bonds. The van der Waals surface area contributed by atoms with E-state index in [-0.39, 0.29) is 6.54 Å². The quantitative estimate of drug-likeness (QED) is 0.610. The van der Waals surface area contributed by atoms with Gasteiger partial charge < -0.3 is 10.6 Å². The summed E-state index contributed by atoms with van der Waals surface area (Å²) in [5.74, 6) is 0.456. The summed E-state index contributed by atoms with van der Waals surface area (Å²) in [6.45, 7) is 12.9. The molecule has 8 heteroatoms. The number of aromatic nitrogens is 3. The van der Waals surface area contributed by atoms with E-state index in [9.17, 15) is 0 Å². The lowest BCUT2D eigenvalue weighted by Crippen LogP contribution is -2.46. The highest BCUT2D eigenvalue weighted by atomic mass is 19.1. The van der Waals surface area contributed by atoms with Crippen LogP contribution in [0.25, 0.3) is 11.3 Å². The minimum atomic E-state index is -1.32. The molecule has 0 saturated carbocycles. The van der Waals surface area contributed by atoms with E-state index in [1.807, 2.05) is 16.9 Å². The number of nitrogens with one attached hydrogen (secondary N) is 2. The topological polar surface area (TPSA) is 79.5 Å². The SMILES string of the molecule is C=Nc1cc(-c2cnn(C(CC)CC)c2)nc(NCC2(F)CCCNC2)c1N=C. The molecule has 3 heterocycles. The van der Waals surface area contributed by atoms with E-state index in [0.29, 0.717) is 41.9 Å². The average Bonchev–Trinajstić information content (AvgIpc) is 3.23. The lowest BCUT2D eigenvalue weighted by molar-refractivity contribution is 0.137. The Morgan fingerprint density at radius 1 is 1.34 bits per heavy atom. The third kappa shape index (κ3) is 4.70. The number of pyridine rings is 1. The van der Waals surface area contributed by atoms with Crippen molar-refractivity contribution in [1.29, 1.82) is 0 Å². The molecule has 7 nitrogen and oxygen atoms in total. The smallest absolute Gasteiger partial charge is 0.154 e. The fourth-order valence-electron chi connectivity index (χ4n) is 3.73. The molecule has 1 saturated heterocycles. The van der Waals surface area contributed by atoms with Crippen LogP contribution in [-0.2, 0) is 0 Å². The zero-order chi connectivity index (χ0) is 20.9. The van der Waals surface area contributed by atoms with Crippen molar-refractivity contribution >= 4 is 30.6 Å². The molecule has 1 aliphatic rings. The van der Waals surface area contributed by atoms with Crippen LogP contribution in [-0.4, -0.2) is 53.5 Å². The van der Waals surface area contributed by atoms with Crippen molar-refractivity contribution < 1.29 is 4.39 Å². The van der Waals surface area contributed by atoms with Crippen LogP contribution in [0.3, 0.4) is 0 Å². The fourth-order valence-corrected chi connectivity index (χ4v) is 3.73. The van der Waals surface area contributed by atoms with Gasteiger partial charge in [-0.2, -0.15) is 5.10 Å². The number of hydrogen-bond acceptors (Lipinski definition) is 6. The number of piperidine rings is 1. The highest BCUT2D eigenvalue weighted by Crippen LogP contribution is 2.38. The summed E-state index contributed by atoms with van der Waals surface area (Å²) in [4.78, 5) is 12.8. The molecule has 3 rings (SSSR count). The molecule has 0 bridgehead atoms. The van der Waals surface area contributed by atoms with Gasteiger partial charge in [0.2, 0.25) is 0 Å². The van der Waals surface area contributed by atoms with Gasteiger partial charge in [0, 0.05) is 18.3 Å². The Labute approximate surface area is 171 Å². The highest BCUT2D eigenvalue weighted by molar-refractivity contribution is 5.82. The summed E-state index contributed by atoms with van der Waals surface area (Å²) in [7, 11) is 0. The minimum Gasteiger partial charge on any atom is -0.365 e. The second-order valence-electron chi connectivity index (χ2n) is 7.50. The Balaban J connectivity index is 1.92. The van der Waals surface area contributed by atoms with Gasteiger partial charge in [-0.1, -0.05) is 13.8 Å². The molecule has 1 fully saturated rings. The third-order valence-corrected chi connectivity index (χ3v) is 5.51. The molecule has 2 aromatic heterocycles. The average molecular weight is 400 g/mol. The lowest BCUT2D eigenvalue weighted by Gasteiger charge is -2.30. The zero-order valence-electron chi connectivity index (χ0n) is 17.3. The van der Waals surface area contributed by atoms with Crippen molar-refractivity contribution in [3.8, 4) is 11.3 Å². The summed E-state index contributed by atoms with van der Waals surface area (Å²) >= 11 is 0. The maximum Gasteiger partial charge on any atom is 0.154 e. The zero-order valence-corrected chi connectivity index (χ0v) is 17.3. The molecule has 2 aromatic rings. The van der Waals surface area contributed by atoms with Crippen LogP contribution in [0, 0.1) is 0 Å². The van der Waals surface area contributed by atoms with Gasteiger partial charge in [-0.05, 0) is 51.7 Å². The first-order chi connectivity index (χ1) is 14.0. The maximum atomic E-state index is 15.0. The molecule has 0 radical (unpaired) electrons. The van der Waals surface area contributed by atoms with E-state index in [1.165, 1.54) is 0 Å². The predicted molar refractivity (Wildman–Crippen MR) is 118 cm³/mol. The van der Waals surface area contributed by atoms with Crippen LogP contribution in [0.4, 0.5) is 21.6 Å². The van der Waals surface area contributed by atoms with Crippen molar-refractivity contribution in [3.05, 3.63) is 18.5 Å². The molecule has 1 aliphatic heterocycles. The van der Waals surface area contributed by atoms with Gasteiger partial charge in [0.25, 0.3) is 0 Å². The minimum absolute atomic E-state index is 0.141. The van der Waals surface area contributed by atoms with Crippen molar-refractivity contribution in [2.45, 2.75) is 51.2 Å². The number of alkyl halides is 1. The Kier molecular flexibility index (Phi) is 6.74. The molecule has 1 unspecified atom stereocenters. The van der Waals surface area contributed by atoms with Gasteiger partial charge in [-0.25, -0.2) is 9.37 Å². The molecular weight excluding hydrogens is 369 g/mol. The highest BCUT2D eigenvalue weighted by Gasteiger charge is 2.32. The second kappa shape index (κ2) is 9.26. The number of anilines is 1. The summed E-state index contributed by atoms with van der Waals surface area (Å²) in [6, 6.07) is 2.15. The molecule has 0 aromatic carbocycles. The van der Waals surface area contributed by atoms with Crippen molar-refractivity contribution in [1.82, 2.24) is 20.1 Å². The lowest BCUT2D eigenvalue weighted by atomic mass is 9.96. The normalized spacial score (nSPS) is 19.3. The number of hydrogen-bond donors (Lipinski definition) is 2. The van der Waals surface area contributed by atoms with E-state index in [0.717, 1.165) is 31.4 Å². The van der Waals surface area contributed by atoms with E-state index in [4.69, 9.17) is 0 Å². The monoisotopic (exact) mass is 399 g/mol. The molecule has 0 aliphatic carbocycles. The van der Waals surface area contributed by atoms with Crippen molar-refractivity contribution in [2.24, 2.45) is 9.98 Å². The van der Waals surface area contributed by atoms with Gasteiger partial charge >= 0.3 is 0 Å². The van der Waals surface area contributed by atoms with Crippen LogP contribution in [0.5, 0.6) is 0 Å². The Morgan fingerprint density at radius 3 is 2.76 bits per heavy atom.